The van der Waals surface area contributed by atoms with E-state index >= 15 is 0 Å². The zero-order valence-corrected chi connectivity index (χ0v) is 9.61. The van der Waals surface area contributed by atoms with Crippen molar-refractivity contribution in [2.75, 3.05) is 13.1 Å². The van der Waals surface area contributed by atoms with Gasteiger partial charge < -0.3 is 0 Å². The average Bonchev–Trinajstić information content (AvgIpc) is 2.25. The van der Waals surface area contributed by atoms with E-state index in [0.717, 1.165) is 23.9 Å². The van der Waals surface area contributed by atoms with Gasteiger partial charge in [0.05, 0.1) is 6.54 Å². The van der Waals surface area contributed by atoms with Gasteiger partial charge in [-0.25, -0.2) is 9.97 Å². The van der Waals surface area contributed by atoms with Gasteiger partial charge in [0, 0.05) is 12.4 Å². The second kappa shape index (κ2) is 4.71. The first-order valence-corrected chi connectivity index (χ1v) is 5.74. The van der Waals surface area contributed by atoms with Gasteiger partial charge in [-0.05, 0) is 44.3 Å². The van der Waals surface area contributed by atoms with Gasteiger partial charge in [-0.15, -0.1) is 0 Å². The van der Waals surface area contributed by atoms with Gasteiger partial charge in [-0.2, -0.15) is 0 Å². The molecule has 0 unspecified atom stereocenters. The number of hydrogen-bond donors (Lipinski definition) is 0. The summed E-state index contributed by atoms with van der Waals surface area (Å²) in [6.07, 6.45) is 6.42. The minimum absolute atomic E-state index is 0.889. The molecule has 1 aromatic rings. The van der Waals surface area contributed by atoms with Crippen molar-refractivity contribution < 1.29 is 0 Å². The van der Waals surface area contributed by atoms with Crippen molar-refractivity contribution in [2.24, 2.45) is 5.92 Å². The molecular weight excluding hydrogens is 186 g/mol. The number of rotatable bonds is 2. The average molecular weight is 205 g/mol. The molecule has 0 spiro atoms. The number of aromatic nitrogens is 2. The molecule has 3 nitrogen and oxygen atoms in total. The molecule has 0 aliphatic carbocycles. The van der Waals surface area contributed by atoms with Crippen molar-refractivity contribution in [3.8, 4) is 0 Å². The Labute approximate surface area is 91.5 Å². The number of nitrogens with zero attached hydrogens (tertiary/aromatic N) is 3. The van der Waals surface area contributed by atoms with Crippen LogP contribution in [0, 0.1) is 12.8 Å². The van der Waals surface area contributed by atoms with Crippen LogP contribution in [0.3, 0.4) is 0 Å². The van der Waals surface area contributed by atoms with Gasteiger partial charge in [-0.1, -0.05) is 6.92 Å². The molecule has 1 aromatic heterocycles. The monoisotopic (exact) mass is 205 g/mol. The summed E-state index contributed by atoms with van der Waals surface area (Å²) >= 11 is 0. The van der Waals surface area contributed by atoms with E-state index in [1.807, 2.05) is 19.3 Å². The summed E-state index contributed by atoms with van der Waals surface area (Å²) in [5.41, 5.74) is 1.13. The van der Waals surface area contributed by atoms with Crippen LogP contribution >= 0.6 is 0 Å². The Morgan fingerprint density at radius 1 is 1.27 bits per heavy atom. The topological polar surface area (TPSA) is 29.0 Å². The van der Waals surface area contributed by atoms with Crippen LogP contribution in [0.4, 0.5) is 0 Å². The minimum atomic E-state index is 0.889. The van der Waals surface area contributed by atoms with E-state index in [0.29, 0.717) is 0 Å². The van der Waals surface area contributed by atoms with Crippen LogP contribution in [0.25, 0.3) is 0 Å². The fourth-order valence-corrected chi connectivity index (χ4v) is 1.92. The van der Waals surface area contributed by atoms with Crippen molar-refractivity contribution in [3.05, 3.63) is 23.8 Å². The first kappa shape index (κ1) is 10.6. The molecule has 2 rings (SSSR count). The highest BCUT2D eigenvalue weighted by atomic mass is 15.1. The third kappa shape index (κ3) is 2.99. The molecule has 0 radical (unpaired) electrons. The Kier molecular flexibility index (Phi) is 3.31. The Bertz CT molecular complexity index is 299. The van der Waals surface area contributed by atoms with Crippen LogP contribution in [0.5, 0.6) is 0 Å². The Morgan fingerprint density at radius 2 is 1.87 bits per heavy atom. The van der Waals surface area contributed by atoms with Crippen molar-refractivity contribution in [1.82, 2.24) is 14.9 Å². The van der Waals surface area contributed by atoms with Crippen molar-refractivity contribution >= 4 is 0 Å². The molecule has 0 saturated carbocycles. The van der Waals surface area contributed by atoms with E-state index in [4.69, 9.17) is 0 Å². The molecule has 1 saturated heterocycles. The number of likely N-dealkylation sites (tertiary alicyclic amines) is 1. The first-order valence-electron chi connectivity index (χ1n) is 5.74. The van der Waals surface area contributed by atoms with E-state index in [-0.39, 0.29) is 0 Å². The van der Waals surface area contributed by atoms with Crippen molar-refractivity contribution in [3.63, 3.8) is 0 Å². The van der Waals surface area contributed by atoms with Gasteiger partial charge in [0.1, 0.15) is 5.82 Å². The molecule has 0 amide bonds. The number of piperidine rings is 1. The first-order chi connectivity index (χ1) is 7.24. The molecule has 0 atom stereocenters. The van der Waals surface area contributed by atoms with Gasteiger partial charge in [-0.3, -0.25) is 4.90 Å². The van der Waals surface area contributed by atoms with Gasteiger partial charge >= 0.3 is 0 Å². The van der Waals surface area contributed by atoms with Gasteiger partial charge in [0.25, 0.3) is 0 Å². The van der Waals surface area contributed by atoms with Crippen LogP contribution in [0.1, 0.15) is 31.2 Å². The summed E-state index contributed by atoms with van der Waals surface area (Å²) in [5.74, 6) is 1.84. The largest absolute Gasteiger partial charge is 0.296 e. The lowest BCUT2D eigenvalue weighted by molar-refractivity contribution is 0.181. The molecule has 1 aliphatic heterocycles. The lowest BCUT2D eigenvalue weighted by Crippen LogP contribution is -2.32. The fraction of sp³-hybridized carbons (Fsp3) is 0.667. The molecule has 15 heavy (non-hydrogen) atoms. The highest BCUT2D eigenvalue weighted by Gasteiger charge is 2.16. The van der Waals surface area contributed by atoms with E-state index in [1.165, 1.54) is 25.9 Å². The van der Waals surface area contributed by atoms with Crippen molar-refractivity contribution in [2.45, 2.75) is 33.2 Å². The lowest BCUT2D eigenvalue weighted by Gasteiger charge is -2.29. The summed E-state index contributed by atoms with van der Waals surface area (Å²) in [5, 5.41) is 0. The Morgan fingerprint density at radius 3 is 2.47 bits per heavy atom. The summed E-state index contributed by atoms with van der Waals surface area (Å²) in [7, 11) is 0. The van der Waals surface area contributed by atoms with Crippen LogP contribution in [-0.2, 0) is 6.54 Å². The molecule has 0 aromatic carbocycles. The second-order valence-corrected chi connectivity index (χ2v) is 4.64. The Hall–Kier alpha value is -0.960. The number of hydrogen-bond acceptors (Lipinski definition) is 3. The zero-order valence-electron chi connectivity index (χ0n) is 9.61. The van der Waals surface area contributed by atoms with Gasteiger partial charge in [0.15, 0.2) is 0 Å². The molecular formula is C12H19N3. The Balaban J connectivity index is 1.89. The van der Waals surface area contributed by atoms with Gasteiger partial charge in [0.2, 0.25) is 0 Å². The normalized spacial score (nSPS) is 19.3. The van der Waals surface area contributed by atoms with E-state index in [1.54, 1.807) is 0 Å². The molecule has 0 bridgehead atoms. The van der Waals surface area contributed by atoms with Crippen molar-refractivity contribution in [1.29, 1.82) is 0 Å². The SMILES string of the molecule is Cc1cnc(CN2CCC(C)CC2)nc1. The molecule has 3 heteroatoms. The minimum Gasteiger partial charge on any atom is -0.296 e. The van der Waals surface area contributed by atoms with E-state index in [2.05, 4.69) is 21.8 Å². The highest BCUT2D eigenvalue weighted by Crippen LogP contribution is 2.16. The third-order valence-corrected chi connectivity index (χ3v) is 3.08. The summed E-state index contributed by atoms with van der Waals surface area (Å²) in [6, 6.07) is 0. The lowest BCUT2D eigenvalue weighted by atomic mass is 9.99. The maximum Gasteiger partial charge on any atom is 0.142 e. The predicted octanol–water partition coefficient (Wildman–Crippen LogP) is 2.02. The smallest absolute Gasteiger partial charge is 0.142 e. The summed E-state index contributed by atoms with van der Waals surface area (Å²) in [6.45, 7) is 7.65. The standard InChI is InChI=1S/C12H19N3/c1-10-3-5-15(6-4-10)9-12-13-7-11(2)8-14-12/h7-8,10H,3-6,9H2,1-2H3. The number of aryl methyl sites for hydroxylation is 1. The maximum absolute atomic E-state index is 4.34. The molecule has 2 heterocycles. The van der Waals surface area contributed by atoms with Crippen LogP contribution in [0.2, 0.25) is 0 Å². The molecule has 1 aliphatic rings. The van der Waals surface area contributed by atoms with Crippen LogP contribution < -0.4 is 0 Å². The van der Waals surface area contributed by atoms with Crippen LogP contribution in [0.15, 0.2) is 12.4 Å². The summed E-state index contributed by atoms with van der Waals surface area (Å²) in [4.78, 5) is 11.1. The molecule has 1 fully saturated rings. The maximum atomic E-state index is 4.34. The summed E-state index contributed by atoms with van der Waals surface area (Å²) < 4.78 is 0. The van der Waals surface area contributed by atoms with E-state index < -0.39 is 0 Å². The van der Waals surface area contributed by atoms with E-state index in [9.17, 15) is 0 Å². The van der Waals surface area contributed by atoms with Crippen LogP contribution in [-0.4, -0.2) is 28.0 Å². The molecule has 0 N–H and O–H groups in total. The highest BCUT2D eigenvalue weighted by molar-refractivity contribution is 5.01. The zero-order chi connectivity index (χ0) is 10.7. The second-order valence-electron chi connectivity index (χ2n) is 4.64. The molecule has 82 valence electrons. The third-order valence-electron chi connectivity index (χ3n) is 3.08. The quantitative estimate of drug-likeness (QED) is 0.739. The fourth-order valence-electron chi connectivity index (χ4n) is 1.92. The predicted molar refractivity (Wildman–Crippen MR) is 60.4 cm³/mol.